The van der Waals surface area contributed by atoms with Crippen molar-refractivity contribution in [3.05, 3.63) is 29.3 Å². The summed E-state index contributed by atoms with van der Waals surface area (Å²) in [5.41, 5.74) is 4.45. The lowest BCUT2D eigenvalue weighted by Gasteiger charge is -2.30. The van der Waals surface area contributed by atoms with Crippen LogP contribution in [0.5, 0.6) is 0 Å². The highest BCUT2D eigenvalue weighted by atomic mass is 19.2. The first kappa shape index (κ1) is 12.8. The number of piperidine rings is 1. The summed E-state index contributed by atoms with van der Waals surface area (Å²) >= 11 is 0. The number of halogens is 4. The van der Waals surface area contributed by atoms with E-state index < -0.39 is 40.9 Å². The molecule has 1 aliphatic rings. The lowest BCUT2D eigenvalue weighted by molar-refractivity contribution is -0.120. The number of anilines is 1. The van der Waals surface area contributed by atoms with Crippen molar-refractivity contribution in [2.75, 3.05) is 11.4 Å². The van der Waals surface area contributed by atoms with E-state index in [4.69, 9.17) is 5.73 Å². The monoisotopic (exact) mass is 262 g/mol. The van der Waals surface area contributed by atoms with E-state index in [0.29, 0.717) is 17.7 Å². The second kappa shape index (κ2) is 4.56. The number of rotatable bonds is 1. The third-order valence-electron chi connectivity index (χ3n) is 2.84. The number of nitrogens with zero attached hydrogens (tertiary/aromatic N) is 1. The van der Waals surface area contributed by atoms with Crippen LogP contribution in [0.25, 0.3) is 0 Å². The fraction of sp³-hybridized carbons (Fsp3) is 0.364. The lowest BCUT2D eigenvalue weighted by atomic mass is 10.0. The van der Waals surface area contributed by atoms with Gasteiger partial charge in [0.15, 0.2) is 23.3 Å². The van der Waals surface area contributed by atoms with Crippen LogP contribution in [0.4, 0.5) is 23.2 Å². The van der Waals surface area contributed by atoms with Gasteiger partial charge in [0, 0.05) is 12.6 Å². The molecule has 1 amide bonds. The summed E-state index contributed by atoms with van der Waals surface area (Å²) in [7, 11) is 0. The Balaban J connectivity index is 2.53. The zero-order valence-electron chi connectivity index (χ0n) is 9.22. The van der Waals surface area contributed by atoms with Crippen molar-refractivity contribution < 1.29 is 22.4 Å². The molecule has 1 unspecified atom stereocenters. The molecule has 3 nitrogen and oxygen atoms in total. The zero-order chi connectivity index (χ0) is 13.4. The van der Waals surface area contributed by atoms with Gasteiger partial charge in [-0.2, -0.15) is 0 Å². The minimum atomic E-state index is -1.59. The summed E-state index contributed by atoms with van der Waals surface area (Å²) in [6.07, 6.45) is 0.778. The molecule has 0 bridgehead atoms. The molecule has 1 aromatic rings. The zero-order valence-corrected chi connectivity index (χ0v) is 9.22. The van der Waals surface area contributed by atoms with Gasteiger partial charge in [-0.3, -0.25) is 4.79 Å². The van der Waals surface area contributed by atoms with Gasteiger partial charge in [0.25, 0.3) is 0 Å². The fourth-order valence-electron chi connectivity index (χ4n) is 1.92. The highest BCUT2D eigenvalue weighted by Crippen LogP contribution is 2.30. The second-order valence-corrected chi connectivity index (χ2v) is 4.06. The Bertz CT molecular complexity index is 480. The van der Waals surface area contributed by atoms with Crippen LogP contribution in [0.1, 0.15) is 12.8 Å². The molecule has 2 rings (SSSR count). The molecule has 1 fully saturated rings. The van der Waals surface area contributed by atoms with E-state index in [1.54, 1.807) is 0 Å². The summed E-state index contributed by atoms with van der Waals surface area (Å²) in [5.74, 6) is -7.01. The minimum Gasteiger partial charge on any atom is -0.320 e. The smallest absolute Gasteiger partial charge is 0.244 e. The summed E-state index contributed by atoms with van der Waals surface area (Å²) in [4.78, 5) is 12.3. The first-order valence-corrected chi connectivity index (χ1v) is 5.33. The van der Waals surface area contributed by atoms with Crippen LogP contribution < -0.4 is 10.6 Å². The van der Waals surface area contributed by atoms with Crippen LogP contribution in [0.15, 0.2) is 6.07 Å². The van der Waals surface area contributed by atoms with Crippen molar-refractivity contribution in [2.24, 2.45) is 5.73 Å². The van der Waals surface area contributed by atoms with E-state index in [9.17, 15) is 22.4 Å². The number of hydrogen-bond donors (Lipinski definition) is 1. The van der Waals surface area contributed by atoms with Gasteiger partial charge < -0.3 is 10.6 Å². The Hall–Kier alpha value is -1.63. The van der Waals surface area contributed by atoms with E-state index >= 15 is 0 Å². The van der Waals surface area contributed by atoms with Gasteiger partial charge in [0.1, 0.15) is 5.69 Å². The Kier molecular flexibility index (Phi) is 3.25. The maximum Gasteiger partial charge on any atom is 0.244 e. The molecule has 1 atom stereocenters. The number of nitrogens with two attached hydrogens (primary N) is 1. The van der Waals surface area contributed by atoms with E-state index in [2.05, 4.69) is 0 Å². The van der Waals surface area contributed by atoms with E-state index in [-0.39, 0.29) is 12.6 Å². The predicted octanol–water partition coefficient (Wildman–Crippen LogP) is 1.70. The van der Waals surface area contributed by atoms with Crippen molar-refractivity contribution in [2.45, 2.75) is 18.9 Å². The molecule has 2 N–H and O–H groups in total. The van der Waals surface area contributed by atoms with Crippen LogP contribution in [0.3, 0.4) is 0 Å². The van der Waals surface area contributed by atoms with Crippen LogP contribution >= 0.6 is 0 Å². The Labute approximate surface area is 100 Å². The van der Waals surface area contributed by atoms with Gasteiger partial charge in [0.2, 0.25) is 5.91 Å². The maximum absolute atomic E-state index is 13.5. The minimum absolute atomic E-state index is 0.0245. The summed E-state index contributed by atoms with van der Waals surface area (Å²) < 4.78 is 53.1. The molecular formula is C11H10F4N2O. The number of hydrogen-bond acceptors (Lipinski definition) is 2. The normalized spacial score (nSPS) is 20.4. The molecule has 0 radical (unpaired) electrons. The average molecular weight is 262 g/mol. The Morgan fingerprint density at radius 2 is 1.72 bits per heavy atom. The van der Waals surface area contributed by atoms with Gasteiger partial charge >= 0.3 is 0 Å². The number of benzene rings is 1. The molecule has 0 aromatic heterocycles. The van der Waals surface area contributed by atoms with E-state index in [1.807, 2.05) is 0 Å². The molecule has 7 heteroatoms. The largest absolute Gasteiger partial charge is 0.320 e. The summed E-state index contributed by atoms with van der Waals surface area (Å²) in [6, 6.07) is -0.813. The second-order valence-electron chi connectivity index (χ2n) is 4.06. The molecule has 0 aliphatic carbocycles. The molecule has 0 saturated carbocycles. The molecule has 1 saturated heterocycles. The molecule has 1 heterocycles. The van der Waals surface area contributed by atoms with Crippen molar-refractivity contribution in [1.82, 2.24) is 0 Å². The molecule has 1 aromatic carbocycles. The summed E-state index contributed by atoms with van der Waals surface area (Å²) in [6.45, 7) is -0.0245. The van der Waals surface area contributed by atoms with Gasteiger partial charge in [-0.05, 0) is 12.8 Å². The lowest BCUT2D eigenvalue weighted by Crippen LogP contribution is -2.49. The van der Waals surface area contributed by atoms with Crippen molar-refractivity contribution in [3.63, 3.8) is 0 Å². The third kappa shape index (κ3) is 1.94. The van der Waals surface area contributed by atoms with Gasteiger partial charge in [-0.25, -0.2) is 17.6 Å². The molecular weight excluding hydrogens is 252 g/mol. The average Bonchev–Trinajstić information content (AvgIpc) is 2.32. The highest BCUT2D eigenvalue weighted by Gasteiger charge is 2.33. The van der Waals surface area contributed by atoms with Crippen molar-refractivity contribution in [3.8, 4) is 0 Å². The third-order valence-corrected chi connectivity index (χ3v) is 2.84. The van der Waals surface area contributed by atoms with Crippen LogP contribution in [0, 0.1) is 23.3 Å². The number of carbonyl (C=O) groups is 1. The van der Waals surface area contributed by atoms with Crippen molar-refractivity contribution in [1.29, 1.82) is 0 Å². The molecule has 98 valence electrons. The number of carbonyl (C=O) groups excluding carboxylic acids is 1. The van der Waals surface area contributed by atoms with Crippen LogP contribution in [-0.4, -0.2) is 18.5 Å². The topological polar surface area (TPSA) is 46.3 Å². The highest BCUT2D eigenvalue weighted by molar-refractivity contribution is 5.98. The molecule has 18 heavy (non-hydrogen) atoms. The maximum atomic E-state index is 13.5. The molecule has 0 spiro atoms. The van der Waals surface area contributed by atoms with Crippen LogP contribution in [-0.2, 0) is 4.79 Å². The van der Waals surface area contributed by atoms with Gasteiger partial charge in [-0.1, -0.05) is 0 Å². The Morgan fingerprint density at radius 1 is 1.17 bits per heavy atom. The SMILES string of the molecule is NC1CCCN(c2c(F)c(F)cc(F)c2F)C1=O. The quantitative estimate of drug-likeness (QED) is 0.618. The molecule has 1 aliphatic heterocycles. The first-order valence-electron chi connectivity index (χ1n) is 5.33. The van der Waals surface area contributed by atoms with Gasteiger partial charge in [0.05, 0.1) is 6.04 Å². The Morgan fingerprint density at radius 3 is 2.28 bits per heavy atom. The van der Waals surface area contributed by atoms with E-state index in [1.165, 1.54) is 0 Å². The van der Waals surface area contributed by atoms with Crippen molar-refractivity contribution >= 4 is 11.6 Å². The predicted molar refractivity (Wildman–Crippen MR) is 55.8 cm³/mol. The van der Waals surface area contributed by atoms with Gasteiger partial charge in [-0.15, -0.1) is 0 Å². The number of amides is 1. The standard InChI is InChI=1S/C11H10F4N2O/c12-5-4-6(13)9(15)10(8(5)14)17-3-1-2-7(16)11(17)18/h4,7H,1-3,16H2. The fourth-order valence-corrected chi connectivity index (χ4v) is 1.92. The summed E-state index contributed by atoms with van der Waals surface area (Å²) in [5, 5.41) is 0. The van der Waals surface area contributed by atoms with Crippen LogP contribution in [0.2, 0.25) is 0 Å². The van der Waals surface area contributed by atoms with E-state index in [0.717, 1.165) is 0 Å². The first-order chi connectivity index (χ1) is 8.43.